The summed E-state index contributed by atoms with van der Waals surface area (Å²) in [6, 6.07) is 11.8. The highest BCUT2D eigenvalue weighted by Crippen LogP contribution is 2.35. The molecule has 63 heavy (non-hydrogen) atoms. The molecule has 18 heteroatoms. The molecule has 0 spiro atoms. The second kappa shape index (κ2) is 17.4. The number of hydroxylamine groups is 2. The molecule has 4 aliphatic rings. The lowest BCUT2D eigenvalue weighted by Gasteiger charge is -2.38. The Morgan fingerprint density at radius 1 is 0.905 bits per heavy atom. The van der Waals surface area contributed by atoms with E-state index in [2.05, 4.69) is 38.2 Å². The fourth-order valence-corrected chi connectivity index (χ4v) is 9.18. The Balaban J connectivity index is 0.836. The fourth-order valence-electron chi connectivity index (χ4n) is 9.18. The van der Waals surface area contributed by atoms with E-state index in [-0.39, 0.29) is 47.8 Å². The first kappa shape index (κ1) is 41.9. The molecule has 16 nitrogen and oxygen atoms in total. The zero-order valence-electron chi connectivity index (χ0n) is 35.5. The number of imide groups is 1. The van der Waals surface area contributed by atoms with Gasteiger partial charge >= 0.3 is 0 Å². The third kappa shape index (κ3) is 8.68. The molecule has 0 unspecified atom stereocenters. The number of piperidine rings is 2. The summed E-state index contributed by atoms with van der Waals surface area (Å²) in [7, 11) is 1.83. The van der Waals surface area contributed by atoms with Gasteiger partial charge in [-0.05, 0) is 75.3 Å². The van der Waals surface area contributed by atoms with Crippen LogP contribution in [0.1, 0.15) is 73.0 Å². The van der Waals surface area contributed by atoms with Crippen molar-refractivity contribution in [3.8, 4) is 22.9 Å². The minimum Gasteiger partial charge on any atom is -0.477 e. The number of anilines is 2. The van der Waals surface area contributed by atoms with Crippen LogP contribution >= 0.6 is 0 Å². The molecule has 5 aromatic rings. The van der Waals surface area contributed by atoms with E-state index in [1.807, 2.05) is 31.0 Å². The Labute approximate surface area is 362 Å². The van der Waals surface area contributed by atoms with Crippen LogP contribution in [0.3, 0.4) is 0 Å². The number of imidazole rings is 1. The van der Waals surface area contributed by atoms with E-state index in [1.54, 1.807) is 28.1 Å². The molecule has 2 atom stereocenters. The molecule has 0 saturated carbocycles. The number of nitrogens with zero attached hydrogens (tertiary/aromatic N) is 8. The number of benzene rings is 2. The third-order valence-corrected chi connectivity index (χ3v) is 12.5. The number of aryl methyl sites for hydroxylation is 2. The second-order valence-corrected chi connectivity index (χ2v) is 17.0. The second-order valence-electron chi connectivity index (χ2n) is 17.0. The first-order chi connectivity index (χ1) is 30.4. The van der Waals surface area contributed by atoms with Crippen LogP contribution in [0.15, 0.2) is 48.7 Å². The van der Waals surface area contributed by atoms with Crippen LogP contribution in [0.2, 0.25) is 0 Å². The fraction of sp³-hybridized carbons (Fsp3) is 0.444. The summed E-state index contributed by atoms with van der Waals surface area (Å²) in [6.07, 6.45) is 4.81. The van der Waals surface area contributed by atoms with Gasteiger partial charge in [-0.2, -0.15) is 5.10 Å². The van der Waals surface area contributed by atoms with Gasteiger partial charge in [0.25, 0.3) is 5.91 Å². The molecule has 3 aromatic heterocycles. The minimum absolute atomic E-state index is 0.00458. The zero-order valence-corrected chi connectivity index (χ0v) is 35.5. The molecule has 0 aliphatic carbocycles. The predicted molar refractivity (Wildman–Crippen MR) is 228 cm³/mol. The first-order valence-electron chi connectivity index (χ1n) is 21.6. The van der Waals surface area contributed by atoms with Gasteiger partial charge in [0, 0.05) is 86.8 Å². The number of halogens is 2. The van der Waals surface area contributed by atoms with Crippen molar-refractivity contribution in [3.05, 3.63) is 77.1 Å². The number of rotatable bonds is 5. The summed E-state index contributed by atoms with van der Waals surface area (Å²) in [4.78, 5) is 70.9. The summed E-state index contributed by atoms with van der Waals surface area (Å²) in [5.41, 5.74) is 4.79. The van der Waals surface area contributed by atoms with E-state index < -0.39 is 29.4 Å². The minimum atomic E-state index is -1.09. The van der Waals surface area contributed by atoms with E-state index >= 15 is 8.78 Å². The SMILES string of the molecule is Cc1cc2cc(n1)-c1cnn(C)c1OCCC[C@@H](C)Cn1c(nc3ccc(N4CCC(C(=O)N5CCN(Oc6cc(F)c([C@H]7CCC(=O)NC7=O)c(F)c6)CC5)CC4)cc31)NC2=O. The van der Waals surface area contributed by atoms with Crippen molar-refractivity contribution in [1.82, 2.24) is 39.6 Å². The molecule has 0 radical (unpaired) electrons. The maximum atomic E-state index is 15.1. The number of aromatic nitrogens is 5. The van der Waals surface area contributed by atoms with Gasteiger partial charge in [-0.25, -0.2) is 18.4 Å². The van der Waals surface area contributed by atoms with Crippen molar-refractivity contribution < 1.29 is 37.5 Å². The van der Waals surface area contributed by atoms with Crippen LogP contribution in [-0.2, 0) is 28.0 Å². The number of nitrogens with one attached hydrogen (secondary N) is 2. The molecule has 3 saturated heterocycles. The van der Waals surface area contributed by atoms with Gasteiger partial charge in [0.1, 0.15) is 11.6 Å². The lowest BCUT2D eigenvalue weighted by Crippen LogP contribution is -2.52. The quantitative estimate of drug-likeness (QED) is 0.219. The zero-order chi connectivity index (χ0) is 43.9. The molecule has 2 aromatic carbocycles. The van der Waals surface area contributed by atoms with Crippen molar-refractivity contribution in [3.63, 3.8) is 0 Å². The largest absolute Gasteiger partial charge is 0.477 e. The standard InChI is InChI=1S/C45H50F2N10O6/c1-26-5-4-18-62-44-33(24-48-53(44)3)37-20-29(19-27(2)49-37)41(59)52-45-50-36-8-6-30(21-38(36)57(45)25-26)54-12-10-28(11-13-54)43(61)55-14-16-56(17-15-55)63-31-22-34(46)40(35(47)23-31)32-7-9-39(58)51-42(32)60/h6,8,19-24,26,28,32H,4-5,7,9-18,25H2,1-3H3,(H,50,52,59)(H,51,58,60)/t26-,32-/m1/s1. The Morgan fingerprint density at radius 3 is 2.41 bits per heavy atom. The Bertz CT molecular complexity index is 2570. The first-order valence-corrected chi connectivity index (χ1v) is 21.6. The van der Waals surface area contributed by atoms with E-state index in [0.717, 1.165) is 47.3 Å². The van der Waals surface area contributed by atoms with E-state index in [4.69, 9.17) is 19.5 Å². The molecular weight excluding hydrogens is 815 g/mol. The molecular formula is C45H50F2N10O6. The van der Waals surface area contributed by atoms with Crippen molar-refractivity contribution >= 4 is 46.3 Å². The number of pyridine rings is 1. The Kier molecular flexibility index (Phi) is 11.6. The number of piperazine rings is 1. The number of hydrogen-bond donors (Lipinski definition) is 2. The number of fused-ring (bicyclic) bond motifs is 7. The molecule has 330 valence electrons. The maximum Gasteiger partial charge on any atom is 0.258 e. The normalized spacial score (nSPS) is 20.6. The number of hydrogen-bond acceptors (Lipinski definition) is 11. The summed E-state index contributed by atoms with van der Waals surface area (Å²) in [5, 5.41) is 11.2. The van der Waals surface area contributed by atoms with Crippen LogP contribution in [0.5, 0.6) is 11.6 Å². The van der Waals surface area contributed by atoms with Crippen LogP contribution < -0.4 is 25.1 Å². The molecule has 2 bridgehead atoms. The van der Waals surface area contributed by atoms with E-state index in [0.29, 0.717) is 94.0 Å². The van der Waals surface area contributed by atoms with Crippen LogP contribution in [0, 0.1) is 30.4 Å². The van der Waals surface area contributed by atoms with Crippen LogP contribution in [0.4, 0.5) is 20.4 Å². The molecule has 9 rings (SSSR count). The maximum absolute atomic E-state index is 15.1. The van der Waals surface area contributed by atoms with E-state index in [9.17, 15) is 19.2 Å². The molecule has 7 heterocycles. The Hall–Kier alpha value is -6.43. The van der Waals surface area contributed by atoms with Crippen molar-refractivity contribution in [2.75, 3.05) is 56.1 Å². The van der Waals surface area contributed by atoms with Gasteiger partial charge < -0.3 is 23.9 Å². The van der Waals surface area contributed by atoms with Crippen molar-refractivity contribution in [2.45, 2.75) is 64.8 Å². The van der Waals surface area contributed by atoms with Crippen LogP contribution in [-0.4, -0.2) is 104 Å². The van der Waals surface area contributed by atoms with Gasteiger partial charge in [-0.1, -0.05) is 6.92 Å². The topological polar surface area (TPSA) is 169 Å². The number of amides is 4. The van der Waals surface area contributed by atoms with Gasteiger partial charge in [0.15, 0.2) is 5.75 Å². The van der Waals surface area contributed by atoms with Crippen LogP contribution in [0.25, 0.3) is 22.3 Å². The summed E-state index contributed by atoms with van der Waals surface area (Å²) >= 11 is 0. The number of ether oxygens (including phenoxy) is 1. The molecule has 4 aliphatic heterocycles. The number of carbonyl (C=O) groups excluding carboxylic acids is 4. The summed E-state index contributed by atoms with van der Waals surface area (Å²) in [5.74, 6) is -3.18. The van der Waals surface area contributed by atoms with Gasteiger partial charge in [-0.3, -0.25) is 34.8 Å². The lowest BCUT2D eigenvalue weighted by atomic mass is 9.89. The van der Waals surface area contributed by atoms with Gasteiger partial charge in [0.2, 0.25) is 29.5 Å². The Morgan fingerprint density at radius 2 is 1.67 bits per heavy atom. The molecule has 2 N–H and O–H groups in total. The average molecular weight is 865 g/mol. The summed E-state index contributed by atoms with van der Waals surface area (Å²) in [6.45, 7) is 8.05. The monoisotopic (exact) mass is 864 g/mol. The van der Waals surface area contributed by atoms with Gasteiger partial charge in [-0.15, -0.1) is 5.06 Å². The highest BCUT2D eigenvalue weighted by molar-refractivity contribution is 6.05. The predicted octanol–water partition coefficient (Wildman–Crippen LogP) is 5.35. The molecule has 4 amide bonds. The highest BCUT2D eigenvalue weighted by atomic mass is 19.1. The van der Waals surface area contributed by atoms with E-state index in [1.165, 1.54) is 0 Å². The third-order valence-electron chi connectivity index (χ3n) is 12.5. The van der Waals surface area contributed by atoms with Crippen molar-refractivity contribution in [1.29, 1.82) is 0 Å². The molecule has 3 fully saturated rings. The van der Waals surface area contributed by atoms with Crippen molar-refractivity contribution in [2.24, 2.45) is 18.9 Å². The smallest absolute Gasteiger partial charge is 0.258 e. The lowest BCUT2D eigenvalue weighted by molar-refractivity contribution is -0.145. The highest BCUT2D eigenvalue weighted by Gasteiger charge is 2.34. The van der Waals surface area contributed by atoms with Gasteiger partial charge in [0.05, 0.1) is 54.1 Å². The summed E-state index contributed by atoms with van der Waals surface area (Å²) < 4.78 is 40.2. The number of carbonyl (C=O) groups is 4. The average Bonchev–Trinajstić information content (AvgIpc) is 3.80.